The van der Waals surface area contributed by atoms with Gasteiger partial charge in [0.15, 0.2) is 0 Å². The van der Waals surface area contributed by atoms with Gasteiger partial charge in [-0.25, -0.2) is 4.79 Å². The fraction of sp³-hybridized carbons (Fsp3) is 0.846. The van der Waals surface area contributed by atoms with Gasteiger partial charge in [0.25, 0.3) is 0 Å². The Labute approximate surface area is 117 Å². The van der Waals surface area contributed by atoms with Crippen LogP contribution in [0.25, 0.3) is 0 Å². The van der Waals surface area contributed by atoms with Crippen molar-refractivity contribution in [3.63, 3.8) is 0 Å². The van der Waals surface area contributed by atoms with Gasteiger partial charge in [-0.2, -0.15) is 11.8 Å². The predicted octanol–water partition coefficient (Wildman–Crippen LogP) is 0.778. The van der Waals surface area contributed by atoms with Crippen molar-refractivity contribution in [1.29, 1.82) is 0 Å². The first-order valence-electron chi connectivity index (χ1n) is 6.84. The van der Waals surface area contributed by atoms with Gasteiger partial charge in [0.1, 0.15) is 6.04 Å². The van der Waals surface area contributed by atoms with Crippen molar-refractivity contribution < 1.29 is 14.7 Å². The zero-order valence-corrected chi connectivity index (χ0v) is 12.1. The first-order chi connectivity index (χ1) is 9.06. The molecule has 6 heteroatoms. The SMILES string of the molecule is CSCC[C@@H](N)C(=O)N1CC2CCCC2C1C(=O)O. The standard InChI is InChI=1S/C13H22N2O3S/c1-19-6-5-10(14)12(16)15-7-8-3-2-4-9(8)11(15)13(17)18/h8-11H,2-7,14H2,1H3,(H,17,18)/t8?,9?,10-,11?/m1/s1. The van der Waals surface area contributed by atoms with E-state index >= 15 is 0 Å². The molecule has 0 radical (unpaired) electrons. The molecular formula is C13H22N2O3S. The van der Waals surface area contributed by atoms with Crippen molar-refractivity contribution in [2.45, 2.75) is 37.8 Å². The third-order valence-electron chi connectivity index (χ3n) is 4.38. The second-order valence-electron chi connectivity index (χ2n) is 5.52. The van der Waals surface area contributed by atoms with Gasteiger partial charge in [0.2, 0.25) is 5.91 Å². The highest BCUT2D eigenvalue weighted by Gasteiger charge is 2.50. The Kier molecular flexibility index (Phi) is 4.73. The second-order valence-corrected chi connectivity index (χ2v) is 6.50. The summed E-state index contributed by atoms with van der Waals surface area (Å²) in [5.41, 5.74) is 5.90. The lowest BCUT2D eigenvalue weighted by Gasteiger charge is -2.27. The predicted molar refractivity (Wildman–Crippen MR) is 74.9 cm³/mol. The number of carboxylic acid groups (broad SMARTS) is 1. The van der Waals surface area contributed by atoms with Crippen molar-refractivity contribution in [1.82, 2.24) is 4.90 Å². The molecule has 0 aromatic heterocycles. The molecule has 1 aliphatic carbocycles. The second kappa shape index (κ2) is 6.13. The van der Waals surface area contributed by atoms with E-state index in [0.717, 1.165) is 25.0 Å². The van der Waals surface area contributed by atoms with E-state index in [0.29, 0.717) is 18.9 Å². The van der Waals surface area contributed by atoms with Crippen molar-refractivity contribution in [3.05, 3.63) is 0 Å². The number of carbonyl (C=O) groups excluding carboxylic acids is 1. The number of nitrogens with zero attached hydrogens (tertiary/aromatic N) is 1. The van der Waals surface area contributed by atoms with Gasteiger partial charge in [0, 0.05) is 6.54 Å². The zero-order valence-electron chi connectivity index (χ0n) is 11.2. The van der Waals surface area contributed by atoms with Crippen LogP contribution in [0.2, 0.25) is 0 Å². The Bertz CT molecular complexity index is 364. The summed E-state index contributed by atoms with van der Waals surface area (Å²) in [6.45, 7) is 0.577. The molecule has 2 fully saturated rings. The van der Waals surface area contributed by atoms with Crippen LogP contribution < -0.4 is 5.73 Å². The Morgan fingerprint density at radius 2 is 2.21 bits per heavy atom. The van der Waals surface area contributed by atoms with Crippen LogP contribution in [0, 0.1) is 11.8 Å². The van der Waals surface area contributed by atoms with Gasteiger partial charge >= 0.3 is 5.97 Å². The number of amides is 1. The normalized spacial score (nSPS) is 31.3. The summed E-state index contributed by atoms with van der Waals surface area (Å²) in [5.74, 6) is 0.258. The first-order valence-corrected chi connectivity index (χ1v) is 8.23. The maximum Gasteiger partial charge on any atom is 0.326 e. The van der Waals surface area contributed by atoms with E-state index in [2.05, 4.69) is 0 Å². The first kappa shape index (κ1) is 14.7. The molecule has 0 aromatic rings. The number of rotatable bonds is 5. The minimum Gasteiger partial charge on any atom is -0.480 e. The average molecular weight is 286 g/mol. The highest BCUT2D eigenvalue weighted by Crippen LogP contribution is 2.42. The smallest absolute Gasteiger partial charge is 0.326 e. The van der Waals surface area contributed by atoms with Crippen LogP contribution in [0.15, 0.2) is 0 Å². The minimum absolute atomic E-state index is 0.134. The van der Waals surface area contributed by atoms with Crippen LogP contribution in [-0.2, 0) is 9.59 Å². The van der Waals surface area contributed by atoms with E-state index in [1.54, 1.807) is 11.8 Å². The number of nitrogens with two attached hydrogens (primary N) is 1. The Morgan fingerprint density at radius 1 is 1.47 bits per heavy atom. The number of carbonyl (C=O) groups is 2. The fourth-order valence-corrected chi connectivity index (χ4v) is 3.92. The molecule has 19 heavy (non-hydrogen) atoms. The number of carboxylic acids is 1. The van der Waals surface area contributed by atoms with E-state index in [4.69, 9.17) is 5.73 Å². The maximum atomic E-state index is 12.3. The van der Waals surface area contributed by atoms with Crippen LogP contribution in [0.3, 0.4) is 0 Å². The van der Waals surface area contributed by atoms with Gasteiger partial charge in [-0.15, -0.1) is 0 Å². The molecule has 3 N–H and O–H groups in total. The number of hydrogen-bond acceptors (Lipinski definition) is 4. The van der Waals surface area contributed by atoms with Gasteiger partial charge in [-0.05, 0) is 43.1 Å². The minimum atomic E-state index is -0.875. The highest BCUT2D eigenvalue weighted by molar-refractivity contribution is 7.98. The number of aliphatic carboxylic acids is 1. The van der Waals surface area contributed by atoms with Crippen molar-refractivity contribution in [3.8, 4) is 0 Å². The molecule has 2 aliphatic rings. The van der Waals surface area contributed by atoms with Crippen molar-refractivity contribution in [2.75, 3.05) is 18.6 Å². The summed E-state index contributed by atoms with van der Waals surface area (Å²) in [7, 11) is 0. The van der Waals surface area contributed by atoms with E-state index in [1.807, 2.05) is 6.26 Å². The number of likely N-dealkylation sites (tertiary alicyclic amines) is 1. The maximum absolute atomic E-state index is 12.3. The molecule has 0 aromatic carbocycles. The fourth-order valence-electron chi connectivity index (χ4n) is 3.43. The molecule has 4 atom stereocenters. The van der Waals surface area contributed by atoms with Gasteiger partial charge in [-0.3, -0.25) is 4.79 Å². The van der Waals surface area contributed by atoms with Crippen molar-refractivity contribution in [2.24, 2.45) is 17.6 Å². The van der Waals surface area contributed by atoms with E-state index in [9.17, 15) is 14.7 Å². The van der Waals surface area contributed by atoms with E-state index < -0.39 is 18.1 Å². The molecule has 0 bridgehead atoms. The molecule has 108 valence electrons. The third-order valence-corrected chi connectivity index (χ3v) is 5.02. The van der Waals surface area contributed by atoms with Crippen LogP contribution in [-0.4, -0.2) is 52.5 Å². The monoisotopic (exact) mass is 286 g/mol. The van der Waals surface area contributed by atoms with Crippen LogP contribution in [0.4, 0.5) is 0 Å². The number of fused-ring (bicyclic) bond motifs is 1. The summed E-state index contributed by atoms with van der Waals surface area (Å²) in [4.78, 5) is 25.3. The van der Waals surface area contributed by atoms with Crippen LogP contribution in [0.1, 0.15) is 25.7 Å². The summed E-state index contributed by atoms with van der Waals surface area (Å²) in [6.07, 6.45) is 5.62. The largest absolute Gasteiger partial charge is 0.480 e. The molecule has 1 amide bonds. The summed E-state index contributed by atoms with van der Waals surface area (Å²) >= 11 is 1.65. The average Bonchev–Trinajstić information content (AvgIpc) is 2.93. The lowest BCUT2D eigenvalue weighted by molar-refractivity contribution is -0.150. The summed E-state index contributed by atoms with van der Waals surface area (Å²) in [5, 5.41) is 9.40. The quantitative estimate of drug-likeness (QED) is 0.780. The Hall–Kier alpha value is -0.750. The van der Waals surface area contributed by atoms with Gasteiger partial charge in [-0.1, -0.05) is 6.42 Å². The van der Waals surface area contributed by atoms with Crippen LogP contribution in [0.5, 0.6) is 0 Å². The lowest BCUT2D eigenvalue weighted by atomic mass is 9.94. The molecule has 5 nitrogen and oxygen atoms in total. The third kappa shape index (κ3) is 2.89. The topological polar surface area (TPSA) is 83.6 Å². The lowest BCUT2D eigenvalue weighted by Crippen LogP contribution is -2.50. The number of hydrogen-bond donors (Lipinski definition) is 2. The molecular weight excluding hydrogens is 264 g/mol. The van der Waals surface area contributed by atoms with Gasteiger partial charge in [0.05, 0.1) is 6.04 Å². The molecule has 1 aliphatic heterocycles. The zero-order chi connectivity index (χ0) is 14.0. The van der Waals surface area contributed by atoms with Crippen molar-refractivity contribution >= 4 is 23.6 Å². The van der Waals surface area contributed by atoms with E-state index in [1.165, 1.54) is 4.90 Å². The Morgan fingerprint density at radius 3 is 2.84 bits per heavy atom. The molecule has 2 rings (SSSR count). The summed E-state index contributed by atoms with van der Waals surface area (Å²) < 4.78 is 0. The molecule has 0 spiro atoms. The Balaban J connectivity index is 2.06. The molecule has 3 unspecified atom stereocenters. The summed E-state index contributed by atoms with van der Waals surface area (Å²) in [6, 6.07) is -1.21. The molecule has 1 saturated heterocycles. The van der Waals surface area contributed by atoms with Crippen LogP contribution >= 0.6 is 11.8 Å². The number of thioether (sulfide) groups is 1. The molecule has 1 heterocycles. The van der Waals surface area contributed by atoms with Gasteiger partial charge < -0.3 is 15.7 Å². The molecule has 1 saturated carbocycles. The van der Waals surface area contributed by atoms with E-state index in [-0.39, 0.29) is 11.8 Å². The highest BCUT2D eigenvalue weighted by atomic mass is 32.2.